The number of rotatable bonds is 5. The van der Waals surface area contributed by atoms with E-state index in [0.717, 1.165) is 0 Å². The second-order valence-corrected chi connectivity index (χ2v) is 5.10. The monoisotopic (exact) mass is 291 g/mol. The van der Waals surface area contributed by atoms with Gasteiger partial charge >= 0.3 is 0 Å². The fraction of sp³-hybridized carbons (Fsp3) is 0.312. The molecule has 0 aliphatic heterocycles. The van der Waals surface area contributed by atoms with E-state index in [0.29, 0.717) is 23.3 Å². The van der Waals surface area contributed by atoms with Crippen molar-refractivity contribution in [1.82, 2.24) is 5.32 Å². The molecule has 1 aromatic heterocycles. The van der Waals surface area contributed by atoms with Crippen LogP contribution in [0.2, 0.25) is 0 Å². The number of hydrogen-bond donors (Lipinski definition) is 2. The summed E-state index contributed by atoms with van der Waals surface area (Å²) >= 11 is 0. The number of furan rings is 1. The van der Waals surface area contributed by atoms with Gasteiger partial charge in [-0.3, -0.25) is 4.79 Å². The summed E-state index contributed by atoms with van der Waals surface area (Å²) in [7, 11) is 0. The Morgan fingerprint density at radius 3 is 2.86 bits per heavy atom. The van der Waals surface area contributed by atoms with Gasteiger partial charge in [-0.1, -0.05) is 6.07 Å². The molecule has 2 aromatic rings. The molecular formula is C16H18FNO3. The highest BCUT2D eigenvalue weighted by Gasteiger charge is 2.18. The van der Waals surface area contributed by atoms with Gasteiger partial charge in [-0.2, -0.15) is 0 Å². The molecule has 0 radical (unpaired) electrons. The Hall–Kier alpha value is -2.14. The highest BCUT2D eigenvalue weighted by molar-refractivity contribution is 5.95. The van der Waals surface area contributed by atoms with Crippen molar-refractivity contribution in [2.75, 3.05) is 0 Å². The zero-order valence-electron chi connectivity index (χ0n) is 12.0. The highest BCUT2D eigenvalue weighted by atomic mass is 19.1. The summed E-state index contributed by atoms with van der Waals surface area (Å²) in [6.07, 6.45) is 1.01. The SMILES string of the molecule is Cc1ccc(F)cc1C(=O)NC(C)CC(O)c1ccco1. The van der Waals surface area contributed by atoms with Gasteiger partial charge in [-0.25, -0.2) is 4.39 Å². The van der Waals surface area contributed by atoms with Gasteiger partial charge in [-0.05, 0) is 43.7 Å². The number of amides is 1. The van der Waals surface area contributed by atoms with Crippen molar-refractivity contribution in [1.29, 1.82) is 0 Å². The molecule has 1 heterocycles. The fourth-order valence-electron chi connectivity index (χ4n) is 2.13. The van der Waals surface area contributed by atoms with Gasteiger partial charge in [0.05, 0.1) is 6.26 Å². The normalized spacial score (nSPS) is 13.7. The van der Waals surface area contributed by atoms with Gasteiger partial charge < -0.3 is 14.8 Å². The number of benzene rings is 1. The lowest BCUT2D eigenvalue weighted by Crippen LogP contribution is -2.34. The summed E-state index contributed by atoms with van der Waals surface area (Å²) in [4.78, 5) is 12.1. The Bertz CT molecular complexity index is 610. The van der Waals surface area contributed by atoms with Crippen LogP contribution in [-0.4, -0.2) is 17.1 Å². The van der Waals surface area contributed by atoms with Crippen LogP contribution in [0.3, 0.4) is 0 Å². The summed E-state index contributed by atoms with van der Waals surface area (Å²) in [5, 5.41) is 12.7. The molecule has 0 fully saturated rings. The van der Waals surface area contributed by atoms with E-state index >= 15 is 0 Å². The fourth-order valence-corrected chi connectivity index (χ4v) is 2.13. The van der Waals surface area contributed by atoms with Crippen LogP contribution in [0.5, 0.6) is 0 Å². The van der Waals surface area contributed by atoms with Gasteiger partial charge in [0, 0.05) is 18.0 Å². The number of halogens is 1. The number of aliphatic hydroxyl groups is 1. The molecule has 0 aliphatic carbocycles. The molecule has 0 aliphatic rings. The van der Waals surface area contributed by atoms with Crippen molar-refractivity contribution >= 4 is 5.91 Å². The van der Waals surface area contributed by atoms with Crippen LogP contribution in [0.1, 0.15) is 41.1 Å². The number of carbonyl (C=O) groups is 1. The second-order valence-electron chi connectivity index (χ2n) is 5.10. The minimum Gasteiger partial charge on any atom is -0.467 e. The van der Waals surface area contributed by atoms with E-state index in [1.807, 2.05) is 0 Å². The molecule has 0 saturated heterocycles. The number of hydrogen-bond acceptors (Lipinski definition) is 3. The zero-order valence-corrected chi connectivity index (χ0v) is 12.0. The molecule has 2 atom stereocenters. The van der Waals surface area contributed by atoms with E-state index < -0.39 is 11.9 Å². The predicted molar refractivity (Wildman–Crippen MR) is 76.4 cm³/mol. The van der Waals surface area contributed by atoms with Crippen LogP contribution in [0.4, 0.5) is 4.39 Å². The zero-order chi connectivity index (χ0) is 15.4. The first-order chi connectivity index (χ1) is 9.97. The highest BCUT2D eigenvalue weighted by Crippen LogP contribution is 2.19. The molecule has 2 N–H and O–H groups in total. The maximum absolute atomic E-state index is 13.2. The summed E-state index contributed by atoms with van der Waals surface area (Å²) in [5.74, 6) is -0.349. The Labute approximate surface area is 122 Å². The van der Waals surface area contributed by atoms with Crippen LogP contribution in [-0.2, 0) is 0 Å². The Morgan fingerprint density at radius 1 is 1.43 bits per heavy atom. The summed E-state index contributed by atoms with van der Waals surface area (Å²) in [5.41, 5.74) is 1.00. The van der Waals surface area contributed by atoms with Gasteiger partial charge in [0.25, 0.3) is 5.91 Å². The van der Waals surface area contributed by atoms with E-state index in [1.165, 1.54) is 18.4 Å². The largest absolute Gasteiger partial charge is 0.467 e. The maximum Gasteiger partial charge on any atom is 0.251 e. The predicted octanol–water partition coefficient (Wildman–Crippen LogP) is 2.97. The molecule has 112 valence electrons. The van der Waals surface area contributed by atoms with E-state index in [9.17, 15) is 14.3 Å². The van der Waals surface area contributed by atoms with Gasteiger partial charge in [0.1, 0.15) is 17.7 Å². The molecule has 4 nitrogen and oxygen atoms in total. The molecule has 2 rings (SSSR count). The molecule has 2 unspecified atom stereocenters. The smallest absolute Gasteiger partial charge is 0.251 e. The number of nitrogens with one attached hydrogen (secondary N) is 1. The molecule has 5 heteroatoms. The van der Waals surface area contributed by atoms with Crippen molar-refractivity contribution in [2.24, 2.45) is 0 Å². The standard InChI is InChI=1S/C16H18FNO3/c1-10-5-6-12(17)9-13(10)16(20)18-11(2)8-14(19)15-4-3-7-21-15/h3-7,9,11,14,19H,8H2,1-2H3,(H,18,20). The van der Waals surface area contributed by atoms with Crippen molar-refractivity contribution < 1.29 is 18.7 Å². The Balaban J connectivity index is 1.97. The van der Waals surface area contributed by atoms with E-state index in [-0.39, 0.29) is 11.9 Å². The van der Waals surface area contributed by atoms with Crippen molar-refractivity contribution in [3.8, 4) is 0 Å². The van der Waals surface area contributed by atoms with Crippen LogP contribution < -0.4 is 5.32 Å². The molecular weight excluding hydrogens is 273 g/mol. The lowest BCUT2D eigenvalue weighted by molar-refractivity contribution is 0.0902. The molecule has 0 spiro atoms. The first kappa shape index (κ1) is 15.3. The third-order valence-corrected chi connectivity index (χ3v) is 3.27. The summed E-state index contributed by atoms with van der Waals surface area (Å²) in [6.45, 7) is 3.52. The van der Waals surface area contributed by atoms with Crippen molar-refractivity contribution in [2.45, 2.75) is 32.4 Å². The Kier molecular flexibility index (Phi) is 4.75. The van der Waals surface area contributed by atoms with Crippen molar-refractivity contribution in [3.63, 3.8) is 0 Å². The third-order valence-electron chi connectivity index (χ3n) is 3.27. The average molecular weight is 291 g/mol. The molecule has 0 saturated carbocycles. The first-order valence-electron chi connectivity index (χ1n) is 6.76. The first-order valence-corrected chi connectivity index (χ1v) is 6.76. The van der Waals surface area contributed by atoms with Crippen LogP contribution in [0.15, 0.2) is 41.0 Å². The quantitative estimate of drug-likeness (QED) is 0.890. The lowest BCUT2D eigenvalue weighted by atomic mass is 10.1. The number of aryl methyl sites for hydroxylation is 1. The minimum absolute atomic E-state index is 0.278. The molecule has 1 aromatic carbocycles. The van der Waals surface area contributed by atoms with Crippen LogP contribution in [0.25, 0.3) is 0 Å². The lowest BCUT2D eigenvalue weighted by Gasteiger charge is -2.17. The molecule has 0 bridgehead atoms. The number of aliphatic hydroxyl groups excluding tert-OH is 1. The van der Waals surface area contributed by atoms with E-state index in [4.69, 9.17) is 4.42 Å². The molecule has 1 amide bonds. The van der Waals surface area contributed by atoms with Crippen LogP contribution in [0, 0.1) is 12.7 Å². The Morgan fingerprint density at radius 2 is 2.19 bits per heavy atom. The summed E-state index contributed by atoms with van der Waals surface area (Å²) in [6, 6.07) is 7.18. The summed E-state index contributed by atoms with van der Waals surface area (Å²) < 4.78 is 18.3. The van der Waals surface area contributed by atoms with E-state index in [2.05, 4.69) is 5.32 Å². The van der Waals surface area contributed by atoms with Crippen LogP contribution >= 0.6 is 0 Å². The van der Waals surface area contributed by atoms with Gasteiger partial charge in [0.2, 0.25) is 0 Å². The minimum atomic E-state index is -0.788. The third kappa shape index (κ3) is 3.92. The van der Waals surface area contributed by atoms with E-state index in [1.54, 1.807) is 32.0 Å². The van der Waals surface area contributed by atoms with Gasteiger partial charge in [0.15, 0.2) is 0 Å². The maximum atomic E-state index is 13.2. The average Bonchev–Trinajstić information content (AvgIpc) is 2.95. The second kappa shape index (κ2) is 6.54. The number of carbonyl (C=O) groups excluding carboxylic acids is 1. The molecule has 21 heavy (non-hydrogen) atoms. The van der Waals surface area contributed by atoms with Gasteiger partial charge in [-0.15, -0.1) is 0 Å². The topological polar surface area (TPSA) is 62.5 Å². The van der Waals surface area contributed by atoms with Crippen molar-refractivity contribution in [3.05, 3.63) is 59.3 Å².